The van der Waals surface area contributed by atoms with Crippen molar-refractivity contribution in [1.82, 2.24) is 4.98 Å². The number of carbonyl (C=O) groups excluding carboxylic acids is 1. The van der Waals surface area contributed by atoms with E-state index in [2.05, 4.69) is 15.0 Å². The van der Waals surface area contributed by atoms with E-state index < -0.39 is 21.7 Å². The average Bonchev–Trinajstić information content (AvgIpc) is 3.19. The van der Waals surface area contributed by atoms with Gasteiger partial charge in [-0.05, 0) is 55.0 Å². The molecule has 7 nitrogen and oxygen atoms in total. The normalized spacial score (nSPS) is 11.3. The van der Waals surface area contributed by atoms with Gasteiger partial charge in [0.15, 0.2) is 5.13 Å². The number of para-hydroxylation sites is 1. The molecule has 0 unspecified atom stereocenters. The Labute approximate surface area is 187 Å². The van der Waals surface area contributed by atoms with E-state index in [1.54, 1.807) is 19.2 Å². The molecule has 1 heterocycles. The third kappa shape index (κ3) is 4.27. The lowest BCUT2D eigenvalue weighted by atomic mass is 10.2. The van der Waals surface area contributed by atoms with E-state index in [0.29, 0.717) is 16.4 Å². The first-order valence-corrected chi connectivity index (χ1v) is 11.7. The predicted octanol–water partition coefficient (Wildman–Crippen LogP) is 4.81. The zero-order chi connectivity index (χ0) is 22.9. The van der Waals surface area contributed by atoms with E-state index in [-0.39, 0.29) is 16.1 Å². The highest BCUT2D eigenvalue weighted by Crippen LogP contribution is 2.35. The van der Waals surface area contributed by atoms with E-state index in [1.807, 2.05) is 19.1 Å². The Balaban J connectivity index is 1.63. The molecule has 0 aliphatic heterocycles. The fourth-order valence-corrected chi connectivity index (χ4v) is 5.11. The molecule has 1 aromatic heterocycles. The van der Waals surface area contributed by atoms with Gasteiger partial charge in [0.2, 0.25) is 0 Å². The predicted molar refractivity (Wildman–Crippen MR) is 123 cm³/mol. The van der Waals surface area contributed by atoms with Gasteiger partial charge in [0.05, 0.1) is 28.0 Å². The Morgan fingerprint density at radius 1 is 1.06 bits per heavy atom. The number of carbonyl (C=O) groups is 1. The van der Waals surface area contributed by atoms with Gasteiger partial charge in [-0.15, -0.1) is 0 Å². The van der Waals surface area contributed by atoms with Crippen LogP contribution in [0.1, 0.15) is 15.9 Å². The molecule has 0 saturated heterocycles. The van der Waals surface area contributed by atoms with Crippen LogP contribution in [-0.2, 0) is 10.0 Å². The summed E-state index contributed by atoms with van der Waals surface area (Å²) < 4.78 is 47.1. The number of methoxy groups -OCH3 is 1. The van der Waals surface area contributed by atoms with Crippen molar-refractivity contribution in [2.45, 2.75) is 11.8 Å². The van der Waals surface area contributed by atoms with Crippen LogP contribution in [0.2, 0.25) is 0 Å². The zero-order valence-electron chi connectivity index (χ0n) is 17.0. The molecule has 0 aliphatic carbocycles. The number of thiazole rings is 1. The Hall–Kier alpha value is -3.50. The van der Waals surface area contributed by atoms with Crippen molar-refractivity contribution in [2.24, 2.45) is 0 Å². The van der Waals surface area contributed by atoms with Crippen LogP contribution in [0, 0.1) is 12.7 Å². The number of hydrogen-bond acceptors (Lipinski definition) is 6. The summed E-state index contributed by atoms with van der Waals surface area (Å²) in [5.41, 5.74) is 1.83. The van der Waals surface area contributed by atoms with Crippen LogP contribution in [0.15, 0.2) is 65.6 Å². The molecule has 0 saturated carbocycles. The molecule has 0 aliphatic rings. The quantitative estimate of drug-likeness (QED) is 0.421. The second-order valence-corrected chi connectivity index (χ2v) is 9.52. The highest BCUT2D eigenvalue weighted by molar-refractivity contribution is 7.92. The number of anilines is 2. The second kappa shape index (κ2) is 8.56. The monoisotopic (exact) mass is 471 g/mol. The lowest BCUT2D eigenvalue weighted by Crippen LogP contribution is -2.18. The topological polar surface area (TPSA) is 97.4 Å². The maximum absolute atomic E-state index is 13.1. The van der Waals surface area contributed by atoms with Crippen molar-refractivity contribution in [3.63, 3.8) is 0 Å². The largest absolute Gasteiger partial charge is 0.494 e. The maximum atomic E-state index is 13.1. The summed E-state index contributed by atoms with van der Waals surface area (Å²) in [5, 5.41) is 3.08. The molecule has 1 amide bonds. The average molecular weight is 472 g/mol. The van der Waals surface area contributed by atoms with Gasteiger partial charge in [0.25, 0.3) is 15.9 Å². The first-order chi connectivity index (χ1) is 15.3. The van der Waals surface area contributed by atoms with Gasteiger partial charge in [-0.1, -0.05) is 29.5 Å². The molecule has 4 aromatic rings. The van der Waals surface area contributed by atoms with Gasteiger partial charge < -0.3 is 4.74 Å². The number of amides is 1. The Kier molecular flexibility index (Phi) is 5.81. The molecule has 2 N–H and O–H groups in total. The van der Waals surface area contributed by atoms with Gasteiger partial charge in [0.1, 0.15) is 17.1 Å². The summed E-state index contributed by atoms with van der Waals surface area (Å²) in [7, 11) is -2.47. The molecule has 3 aromatic carbocycles. The third-order valence-corrected chi connectivity index (χ3v) is 7.17. The lowest BCUT2D eigenvalue weighted by molar-refractivity contribution is 0.102. The number of hydrogen-bond donors (Lipinski definition) is 2. The van der Waals surface area contributed by atoms with Crippen molar-refractivity contribution < 1.29 is 22.3 Å². The fourth-order valence-electron chi connectivity index (χ4n) is 3.08. The number of halogens is 1. The smallest absolute Gasteiger partial charge is 0.261 e. The standard InChI is InChI=1S/C22H18FN3O4S2/c1-13-7-12-18(30-2)19-20(13)31-22(24-19)25-21(27)16-5-3-4-6-17(16)26-32(28,29)15-10-8-14(23)9-11-15/h3-12,26H,1-2H3,(H,24,25,27). The summed E-state index contributed by atoms with van der Waals surface area (Å²) in [5.74, 6) is -0.487. The number of benzene rings is 3. The van der Waals surface area contributed by atoms with Gasteiger partial charge in [0, 0.05) is 0 Å². The summed E-state index contributed by atoms with van der Waals surface area (Å²) >= 11 is 1.30. The van der Waals surface area contributed by atoms with Crippen molar-refractivity contribution in [3.05, 3.63) is 77.6 Å². The highest BCUT2D eigenvalue weighted by atomic mass is 32.2. The number of nitrogens with zero attached hydrogens (tertiary/aromatic N) is 1. The van der Waals surface area contributed by atoms with E-state index in [1.165, 1.54) is 23.5 Å². The van der Waals surface area contributed by atoms with Crippen LogP contribution in [0.5, 0.6) is 5.75 Å². The minimum absolute atomic E-state index is 0.0872. The summed E-state index contributed by atoms with van der Waals surface area (Å²) in [6, 6.07) is 14.3. The van der Waals surface area contributed by atoms with Crippen molar-refractivity contribution >= 4 is 48.3 Å². The van der Waals surface area contributed by atoms with E-state index in [0.717, 1.165) is 34.5 Å². The Morgan fingerprint density at radius 2 is 1.78 bits per heavy atom. The minimum Gasteiger partial charge on any atom is -0.494 e. The second-order valence-electron chi connectivity index (χ2n) is 6.84. The SMILES string of the molecule is COc1ccc(C)c2sc(NC(=O)c3ccccc3NS(=O)(=O)c3ccc(F)cc3)nc12. The van der Waals surface area contributed by atoms with Gasteiger partial charge in [-0.25, -0.2) is 17.8 Å². The van der Waals surface area contributed by atoms with Crippen LogP contribution < -0.4 is 14.8 Å². The minimum atomic E-state index is -4.02. The summed E-state index contributed by atoms with van der Waals surface area (Å²) in [4.78, 5) is 17.3. The van der Waals surface area contributed by atoms with Gasteiger partial charge >= 0.3 is 0 Å². The van der Waals surface area contributed by atoms with Crippen molar-refractivity contribution in [3.8, 4) is 5.75 Å². The molecular formula is C22H18FN3O4S2. The number of fused-ring (bicyclic) bond motifs is 1. The molecule has 0 spiro atoms. The lowest BCUT2D eigenvalue weighted by Gasteiger charge is -2.12. The number of rotatable bonds is 6. The molecule has 10 heteroatoms. The molecular weight excluding hydrogens is 453 g/mol. The van der Waals surface area contributed by atoms with Crippen LogP contribution in [-0.4, -0.2) is 26.4 Å². The maximum Gasteiger partial charge on any atom is 0.261 e. The van der Waals surface area contributed by atoms with E-state index >= 15 is 0 Å². The number of ether oxygens (including phenoxy) is 1. The highest BCUT2D eigenvalue weighted by Gasteiger charge is 2.20. The van der Waals surface area contributed by atoms with E-state index in [9.17, 15) is 17.6 Å². The van der Waals surface area contributed by atoms with Crippen LogP contribution in [0.3, 0.4) is 0 Å². The number of aromatic nitrogens is 1. The zero-order valence-corrected chi connectivity index (χ0v) is 18.7. The molecule has 32 heavy (non-hydrogen) atoms. The Morgan fingerprint density at radius 3 is 2.50 bits per heavy atom. The van der Waals surface area contributed by atoms with Crippen molar-refractivity contribution in [1.29, 1.82) is 0 Å². The number of nitrogens with one attached hydrogen (secondary N) is 2. The molecule has 0 radical (unpaired) electrons. The molecule has 4 rings (SSSR count). The van der Waals surface area contributed by atoms with Gasteiger partial charge in [-0.2, -0.15) is 0 Å². The Bertz CT molecular complexity index is 1420. The van der Waals surface area contributed by atoms with Crippen LogP contribution >= 0.6 is 11.3 Å². The molecule has 0 fully saturated rings. The third-order valence-electron chi connectivity index (χ3n) is 4.68. The van der Waals surface area contributed by atoms with E-state index in [4.69, 9.17) is 4.74 Å². The first-order valence-electron chi connectivity index (χ1n) is 9.41. The number of sulfonamides is 1. The molecule has 164 valence electrons. The molecule has 0 atom stereocenters. The van der Waals surface area contributed by atoms with Gasteiger partial charge in [-0.3, -0.25) is 14.8 Å². The van der Waals surface area contributed by atoms with Crippen molar-refractivity contribution in [2.75, 3.05) is 17.1 Å². The summed E-state index contributed by atoms with van der Waals surface area (Å²) in [6.45, 7) is 1.94. The van der Waals surface area contributed by atoms with Crippen LogP contribution in [0.4, 0.5) is 15.2 Å². The first kappa shape index (κ1) is 21.7. The summed E-state index contributed by atoms with van der Waals surface area (Å²) in [6.07, 6.45) is 0. The van der Waals surface area contributed by atoms with Crippen LogP contribution in [0.25, 0.3) is 10.2 Å². The molecule has 0 bridgehead atoms. The number of aryl methyl sites for hydroxylation is 1. The fraction of sp³-hybridized carbons (Fsp3) is 0.0909.